The topological polar surface area (TPSA) is 80.5 Å². The van der Waals surface area contributed by atoms with Crippen LogP contribution in [0.25, 0.3) is 22.3 Å². The van der Waals surface area contributed by atoms with Gasteiger partial charge in [-0.1, -0.05) is 6.07 Å². The van der Waals surface area contributed by atoms with Crippen molar-refractivity contribution in [2.24, 2.45) is 0 Å². The van der Waals surface area contributed by atoms with Crippen LogP contribution in [0.1, 0.15) is 5.56 Å². The molecule has 96 valence electrons. The monoisotopic (exact) mass is 261 g/mol. The zero-order valence-electron chi connectivity index (χ0n) is 9.91. The number of nitrogens with zero attached hydrogens (tertiary/aromatic N) is 3. The molecule has 3 rings (SSSR count). The van der Waals surface area contributed by atoms with Crippen molar-refractivity contribution in [3.63, 3.8) is 0 Å². The SMILES string of the molecule is Cc1ccc(F)c(-c2nc(N)nc3[nH]ncc23)c1F. The second-order valence-electron chi connectivity index (χ2n) is 4.12. The lowest BCUT2D eigenvalue weighted by molar-refractivity contribution is 0.583. The highest BCUT2D eigenvalue weighted by Gasteiger charge is 2.19. The van der Waals surface area contributed by atoms with E-state index in [9.17, 15) is 8.78 Å². The number of nitrogens with two attached hydrogens (primary N) is 1. The first-order valence-electron chi connectivity index (χ1n) is 5.49. The van der Waals surface area contributed by atoms with Crippen LogP contribution in [0.3, 0.4) is 0 Å². The van der Waals surface area contributed by atoms with Crippen LogP contribution in [0.4, 0.5) is 14.7 Å². The predicted octanol–water partition coefficient (Wildman–Crippen LogP) is 2.19. The number of aromatic amines is 1. The van der Waals surface area contributed by atoms with Gasteiger partial charge in [0, 0.05) is 0 Å². The van der Waals surface area contributed by atoms with E-state index in [1.165, 1.54) is 18.3 Å². The van der Waals surface area contributed by atoms with Gasteiger partial charge in [0.1, 0.15) is 11.6 Å². The molecule has 0 aliphatic heterocycles. The minimum Gasteiger partial charge on any atom is -0.368 e. The Bertz CT molecular complexity index is 781. The molecule has 0 saturated heterocycles. The van der Waals surface area contributed by atoms with Gasteiger partial charge in [-0.3, -0.25) is 5.10 Å². The van der Waals surface area contributed by atoms with E-state index < -0.39 is 11.6 Å². The van der Waals surface area contributed by atoms with Gasteiger partial charge >= 0.3 is 0 Å². The Morgan fingerprint density at radius 3 is 2.79 bits per heavy atom. The summed E-state index contributed by atoms with van der Waals surface area (Å²) < 4.78 is 28.1. The molecule has 2 aromatic heterocycles. The molecule has 0 fully saturated rings. The van der Waals surface area contributed by atoms with E-state index >= 15 is 0 Å². The molecule has 7 heteroatoms. The van der Waals surface area contributed by atoms with Crippen molar-refractivity contribution in [2.75, 3.05) is 5.73 Å². The standard InChI is InChI=1S/C12H9F2N5/c1-5-2-3-7(13)8(9(5)14)10-6-4-16-19-11(6)18-12(15)17-10/h2-4H,1H3,(H3,15,16,17,18,19). The Hall–Kier alpha value is -2.57. The van der Waals surface area contributed by atoms with Gasteiger partial charge in [-0.05, 0) is 18.6 Å². The van der Waals surface area contributed by atoms with Crippen LogP contribution >= 0.6 is 0 Å². The number of halogens is 2. The van der Waals surface area contributed by atoms with E-state index in [1.54, 1.807) is 6.92 Å². The molecule has 5 nitrogen and oxygen atoms in total. The number of benzene rings is 1. The molecule has 0 saturated carbocycles. The number of fused-ring (bicyclic) bond motifs is 1. The molecule has 3 aromatic rings. The molecule has 0 amide bonds. The van der Waals surface area contributed by atoms with Gasteiger partial charge in [0.05, 0.1) is 22.8 Å². The number of hydrogen-bond donors (Lipinski definition) is 2. The van der Waals surface area contributed by atoms with Gasteiger partial charge < -0.3 is 5.73 Å². The van der Waals surface area contributed by atoms with Crippen LogP contribution in [-0.2, 0) is 0 Å². The van der Waals surface area contributed by atoms with Gasteiger partial charge in [-0.2, -0.15) is 10.1 Å². The molecule has 0 bridgehead atoms. The maximum absolute atomic E-state index is 14.1. The summed E-state index contributed by atoms with van der Waals surface area (Å²) in [5.74, 6) is -1.45. The fourth-order valence-electron chi connectivity index (χ4n) is 1.92. The van der Waals surface area contributed by atoms with Crippen molar-refractivity contribution < 1.29 is 8.78 Å². The van der Waals surface area contributed by atoms with Crippen molar-refractivity contribution in [1.29, 1.82) is 0 Å². The Kier molecular flexibility index (Phi) is 2.41. The first kappa shape index (κ1) is 11.5. The summed E-state index contributed by atoms with van der Waals surface area (Å²) in [6.45, 7) is 1.55. The van der Waals surface area contributed by atoms with Crippen LogP contribution in [0.2, 0.25) is 0 Å². The lowest BCUT2D eigenvalue weighted by atomic mass is 10.0. The van der Waals surface area contributed by atoms with Gasteiger partial charge in [-0.15, -0.1) is 0 Å². The third kappa shape index (κ3) is 1.70. The fourth-order valence-corrected chi connectivity index (χ4v) is 1.92. The number of aromatic nitrogens is 4. The number of aryl methyl sites for hydroxylation is 1. The van der Waals surface area contributed by atoms with E-state index in [2.05, 4.69) is 20.2 Å². The molecule has 0 atom stereocenters. The summed E-state index contributed by atoms with van der Waals surface area (Å²) in [6, 6.07) is 2.56. The van der Waals surface area contributed by atoms with Gasteiger partial charge in [0.2, 0.25) is 5.95 Å². The van der Waals surface area contributed by atoms with E-state index in [-0.39, 0.29) is 17.2 Å². The van der Waals surface area contributed by atoms with Crippen LogP contribution in [-0.4, -0.2) is 20.2 Å². The minimum atomic E-state index is -0.705. The summed E-state index contributed by atoms with van der Waals surface area (Å²) in [6.07, 6.45) is 1.41. The number of rotatable bonds is 1. The van der Waals surface area contributed by atoms with Crippen molar-refractivity contribution in [2.45, 2.75) is 6.92 Å². The van der Waals surface area contributed by atoms with E-state index in [0.717, 1.165) is 0 Å². The van der Waals surface area contributed by atoms with Crippen molar-refractivity contribution in [3.05, 3.63) is 35.5 Å². The molecular weight excluding hydrogens is 252 g/mol. The first-order valence-corrected chi connectivity index (χ1v) is 5.49. The molecule has 0 spiro atoms. The second-order valence-corrected chi connectivity index (χ2v) is 4.12. The highest BCUT2D eigenvalue weighted by molar-refractivity contribution is 5.91. The maximum atomic E-state index is 14.1. The normalized spacial score (nSPS) is 11.1. The summed E-state index contributed by atoms with van der Waals surface area (Å²) >= 11 is 0. The zero-order valence-corrected chi connectivity index (χ0v) is 9.91. The molecule has 1 aromatic carbocycles. The fraction of sp³-hybridized carbons (Fsp3) is 0.0833. The third-order valence-corrected chi connectivity index (χ3v) is 2.85. The van der Waals surface area contributed by atoms with Crippen molar-refractivity contribution >= 4 is 17.0 Å². The van der Waals surface area contributed by atoms with Crippen LogP contribution in [0, 0.1) is 18.6 Å². The Labute approximate surface area is 106 Å². The minimum absolute atomic E-state index is 0.0768. The molecule has 0 aliphatic carbocycles. The number of nitrogen functional groups attached to an aromatic ring is 1. The summed E-state index contributed by atoms with van der Waals surface area (Å²) in [5.41, 5.74) is 6.08. The molecule has 0 aliphatic rings. The van der Waals surface area contributed by atoms with Crippen LogP contribution in [0.15, 0.2) is 18.3 Å². The lowest BCUT2D eigenvalue weighted by Crippen LogP contribution is -2.01. The van der Waals surface area contributed by atoms with Gasteiger partial charge in [0.25, 0.3) is 0 Å². The molecule has 3 N–H and O–H groups in total. The quantitative estimate of drug-likeness (QED) is 0.703. The van der Waals surface area contributed by atoms with Crippen molar-refractivity contribution in [1.82, 2.24) is 20.2 Å². The zero-order chi connectivity index (χ0) is 13.6. The molecule has 2 heterocycles. The molecule has 0 unspecified atom stereocenters. The maximum Gasteiger partial charge on any atom is 0.222 e. The molecule has 19 heavy (non-hydrogen) atoms. The Balaban J connectivity index is 2.42. The van der Waals surface area contributed by atoms with E-state index in [1.807, 2.05) is 0 Å². The summed E-state index contributed by atoms with van der Waals surface area (Å²) in [4.78, 5) is 7.84. The number of hydrogen-bond acceptors (Lipinski definition) is 4. The number of nitrogens with one attached hydrogen (secondary N) is 1. The Morgan fingerprint density at radius 1 is 1.21 bits per heavy atom. The molecule has 0 radical (unpaired) electrons. The summed E-state index contributed by atoms with van der Waals surface area (Å²) in [5, 5.41) is 6.79. The lowest BCUT2D eigenvalue weighted by Gasteiger charge is -2.08. The largest absolute Gasteiger partial charge is 0.368 e. The highest BCUT2D eigenvalue weighted by atomic mass is 19.1. The van der Waals surface area contributed by atoms with Gasteiger partial charge in [0.15, 0.2) is 5.65 Å². The average Bonchev–Trinajstić information content (AvgIpc) is 2.82. The van der Waals surface area contributed by atoms with Crippen molar-refractivity contribution in [3.8, 4) is 11.3 Å². The Morgan fingerprint density at radius 2 is 2.00 bits per heavy atom. The second kappa shape index (κ2) is 3.98. The van der Waals surface area contributed by atoms with E-state index in [0.29, 0.717) is 16.6 Å². The highest BCUT2D eigenvalue weighted by Crippen LogP contribution is 2.31. The molecular formula is C12H9F2N5. The summed E-state index contributed by atoms with van der Waals surface area (Å²) in [7, 11) is 0. The predicted molar refractivity (Wildman–Crippen MR) is 66.2 cm³/mol. The average molecular weight is 261 g/mol. The first-order chi connectivity index (χ1) is 9.08. The van der Waals surface area contributed by atoms with Crippen LogP contribution < -0.4 is 5.73 Å². The smallest absolute Gasteiger partial charge is 0.222 e. The van der Waals surface area contributed by atoms with Gasteiger partial charge in [-0.25, -0.2) is 13.8 Å². The van der Waals surface area contributed by atoms with Crippen LogP contribution in [0.5, 0.6) is 0 Å². The third-order valence-electron chi connectivity index (χ3n) is 2.85. The number of H-pyrrole nitrogens is 1. The number of anilines is 1. The van der Waals surface area contributed by atoms with E-state index in [4.69, 9.17) is 5.73 Å².